The SMILES string of the molecule is COc1ccc(C(C)CC(=O)N(C)CCC2CCCCO2)cc1. The van der Waals surface area contributed by atoms with Crippen LogP contribution in [0.1, 0.15) is 50.5 Å². The minimum atomic E-state index is 0.198. The Labute approximate surface area is 139 Å². The van der Waals surface area contributed by atoms with Gasteiger partial charge < -0.3 is 14.4 Å². The average Bonchev–Trinajstić information content (AvgIpc) is 2.60. The van der Waals surface area contributed by atoms with Crippen LogP contribution >= 0.6 is 0 Å². The van der Waals surface area contributed by atoms with Gasteiger partial charge in [-0.15, -0.1) is 0 Å². The van der Waals surface area contributed by atoms with Crippen LogP contribution in [-0.4, -0.2) is 44.2 Å². The van der Waals surface area contributed by atoms with E-state index in [-0.39, 0.29) is 11.8 Å². The molecule has 2 unspecified atom stereocenters. The second-order valence-electron chi connectivity index (χ2n) is 6.47. The first kappa shape index (κ1) is 17.8. The van der Waals surface area contributed by atoms with E-state index in [1.54, 1.807) is 7.11 Å². The molecular weight excluding hydrogens is 290 g/mol. The fourth-order valence-electron chi connectivity index (χ4n) is 2.97. The highest BCUT2D eigenvalue weighted by molar-refractivity contribution is 5.76. The van der Waals surface area contributed by atoms with Crippen molar-refractivity contribution in [3.8, 4) is 5.75 Å². The number of ether oxygens (including phenoxy) is 2. The summed E-state index contributed by atoms with van der Waals surface area (Å²) in [4.78, 5) is 14.2. The van der Waals surface area contributed by atoms with Crippen LogP contribution in [0.25, 0.3) is 0 Å². The minimum Gasteiger partial charge on any atom is -0.497 e. The van der Waals surface area contributed by atoms with Gasteiger partial charge in [-0.3, -0.25) is 4.79 Å². The van der Waals surface area contributed by atoms with Gasteiger partial charge in [0.25, 0.3) is 0 Å². The number of rotatable bonds is 7. The average molecular weight is 319 g/mol. The second kappa shape index (κ2) is 8.92. The molecule has 0 N–H and O–H groups in total. The molecule has 0 aliphatic carbocycles. The van der Waals surface area contributed by atoms with Crippen LogP contribution in [0.4, 0.5) is 0 Å². The maximum Gasteiger partial charge on any atom is 0.222 e. The molecule has 4 nitrogen and oxygen atoms in total. The van der Waals surface area contributed by atoms with Crippen LogP contribution < -0.4 is 4.74 Å². The zero-order chi connectivity index (χ0) is 16.7. The minimum absolute atomic E-state index is 0.198. The molecule has 0 saturated carbocycles. The van der Waals surface area contributed by atoms with E-state index in [1.165, 1.54) is 18.4 Å². The molecule has 0 spiro atoms. The van der Waals surface area contributed by atoms with Gasteiger partial charge in [0.2, 0.25) is 5.91 Å². The molecule has 0 bridgehead atoms. The Hall–Kier alpha value is -1.55. The zero-order valence-corrected chi connectivity index (χ0v) is 14.6. The van der Waals surface area contributed by atoms with Crippen molar-refractivity contribution in [1.29, 1.82) is 0 Å². The number of hydrogen-bond donors (Lipinski definition) is 0. The van der Waals surface area contributed by atoms with Gasteiger partial charge >= 0.3 is 0 Å². The van der Waals surface area contributed by atoms with Crippen LogP contribution in [0.2, 0.25) is 0 Å². The van der Waals surface area contributed by atoms with Crippen LogP contribution in [0, 0.1) is 0 Å². The Morgan fingerprint density at radius 2 is 2.09 bits per heavy atom. The quantitative estimate of drug-likeness (QED) is 0.770. The van der Waals surface area contributed by atoms with Gasteiger partial charge in [-0.2, -0.15) is 0 Å². The van der Waals surface area contributed by atoms with E-state index in [2.05, 4.69) is 6.92 Å². The summed E-state index contributed by atoms with van der Waals surface area (Å²) in [6.45, 7) is 3.74. The molecule has 2 atom stereocenters. The van der Waals surface area contributed by atoms with Crippen molar-refractivity contribution in [3.05, 3.63) is 29.8 Å². The van der Waals surface area contributed by atoms with E-state index >= 15 is 0 Å². The third-order valence-corrected chi connectivity index (χ3v) is 4.65. The largest absolute Gasteiger partial charge is 0.497 e. The maximum atomic E-state index is 12.4. The monoisotopic (exact) mass is 319 g/mol. The standard InChI is InChI=1S/C19H29NO3/c1-15(16-7-9-17(22-3)10-8-16)14-19(21)20(2)12-11-18-6-4-5-13-23-18/h7-10,15,18H,4-6,11-14H2,1-3H3. The normalized spacial score (nSPS) is 19.2. The summed E-state index contributed by atoms with van der Waals surface area (Å²) in [5, 5.41) is 0. The summed E-state index contributed by atoms with van der Waals surface area (Å²) in [6.07, 6.45) is 5.36. The van der Waals surface area contributed by atoms with Gasteiger partial charge in [0, 0.05) is 26.6 Å². The topological polar surface area (TPSA) is 38.8 Å². The smallest absolute Gasteiger partial charge is 0.222 e. The van der Waals surface area contributed by atoms with Crippen LogP contribution in [0.3, 0.4) is 0 Å². The molecule has 4 heteroatoms. The molecule has 128 valence electrons. The molecule has 1 heterocycles. The molecule has 1 fully saturated rings. The molecule has 1 amide bonds. The van der Waals surface area contributed by atoms with Crippen LogP contribution in [0.15, 0.2) is 24.3 Å². The lowest BCUT2D eigenvalue weighted by Crippen LogP contribution is -2.32. The van der Waals surface area contributed by atoms with Gasteiger partial charge in [-0.05, 0) is 49.3 Å². The van der Waals surface area contributed by atoms with E-state index in [4.69, 9.17) is 9.47 Å². The van der Waals surface area contributed by atoms with E-state index < -0.39 is 0 Å². The van der Waals surface area contributed by atoms with E-state index in [9.17, 15) is 4.79 Å². The zero-order valence-electron chi connectivity index (χ0n) is 14.6. The molecule has 1 aliphatic heterocycles. The van der Waals surface area contributed by atoms with Crippen molar-refractivity contribution >= 4 is 5.91 Å². The number of hydrogen-bond acceptors (Lipinski definition) is 3. The summed E-state index contributed by atoms with van der Waals surface area (Å²) in [7, 11) is 3.55. The predicted molar refractivity (Wildman–Crippen MR) is 91.9 cm³/mol. The summed E-state index contributed by atoms with van der Waals surface area (Å²) < 4.78 is 10.9. The van der Waals surface area contributed by atoms with Crippen molar-refractivity contribution in [2.45, 2.75) is 51.0 Å². The lowest BCUT2D eigenvalue weighted by atomic mass is 9.97. The van der Waals surface area contributed by atoms with E-state index in [1.807, 2.05) is 36.2 Å². The number of methoxy groups -OCH3 is 1. The third-order valence-electron chi connectivity index (χ3n) is 4.65. The fourth-order valence-corrected chi connectivity index (χ4v) is 2.97. The Morgan fingerprint density at radius 1 is 1.35 bits per heavy atom. The highest BCUT2D eigenvalue weighted by Gasteiger charge is 2.18. The van der Waals surface area contributed by atoms with Crippen molar-refractivity contribution < 1.29 is 14.3 Å². The molecule has 1 aromatic rings. The number of carbonyl (C=O) groups is 1. The summed E-state index contributed by atoms with van der Waals surface area (Å²) >= 11 is 0. The highest BCUT2D eigenvalue weighted by Crippen LogP contribution is 2.23. The molecule has 1 saturated heterocycles. The van der Waals surface area contributed by atoms with Crippen LogP contribution in [0.5, 0.6) is 5.75 Å². The Bertz CT molecular complexity index is 480. The first-order valence-electron chi connectivity index (χ1n) is 8.59. The van der Waals surface area contributed by atoms with Gasteiger partial charge in [-0.25, -0.2) is 0 Å². The molecule has 23 heavy (non-hydrogen) atoms. The van der Waals surface area contributed by atoms with Crippen molar-refractivity contribution in [1.82, 2.24) is 4.90 Å². The Kier molecular flexibility index (Phi) is 6.90. The molecule has 2 rings (SSSR count). The highest BCUT2D eigenvalue weighted by atomic mass is 16.5. The number of benzene rings is 1. The van der Waals surface area contributed by atoms with E-state index in [0.29, 0.717) is 12.5 Å². The predicted octanol–water partition coefficient (Wildman–Crippen LogP) is 3.61. The molecule has 0 aromatic heterocycles. The van der Waals surface area contributed by atoms with Crippen LogP contribution in [-0.2, 0) is 9.53 Å². The van der Waals surface area contributed by atoms with Crippen molar-refractivity contribution in [2.24, 2.45) is 0 Å². The summed E-state index contributed by atoms with van der Waals surface area (Å²) in [6, 6.07) is 7.96. The van der Waals surface area contributed by atoms with Gasteiger partial charge in [0.05, 0.1) is 13.2 Å². The first-order valence-corrected chi connectivity index (χ1v) is 8.59. The van der Waals surface area contributed by atoms with Gasteiger partial charge in [-0.1, -0.05) is 19.1 Å². The Morgan fingerprint density at radius 3 is 2.70 bits per heavy atom. The first-order chi connectivity index (χ1) is 11.1. The lowest BCUT2D eigenvalue weighted by Gasteiger charge is -2.26. The Balaban J connectivity index is 1.77. The van der Waals surface area contributed by atoms with Crippen molar-refractivity contribution in [3.63, 3.8) is 0 Å². The number of nitrogens with zero attached hydrogens (tertiary/aromatic N) is 1. The molecule has 1 aliphatic rings. The number of carbonyl (C=O) groups excluding carboxylic acids is 1. The number of amides is 1. The molecule has 0 radical (unpaired) electrons. The van der Waals surface area contributed by atoms with Gasteiger partial charge in [0.1, 0.15) is 5.75 Å². The maximum absolute atomic E-state index is 12.4. The van der Waals surface area contributed by atoms with Crippen molar-refractivity contribution in [2.75, 3.05) is 27.3 Å². The fraction of sp³-hybridized carbons (Fsp3) is 0.632. The second-order valence-corrected chi connectivity index (χ2v) is 6.47. The van der Waals surface area contributed by atoms with E-state index in [0.717, 1.165) is 31.7 Å². The third kappa shape index (κ3) is 5.54. The molecule has 1 aromatic carbocycles. The molecular formula is C19H29NO3. The lowest BCUT2D eigenvalue weighted by molar-refractivity contribution is -0.130. The summed E-state index contributed by atoms with van der Waals surface area (Å²) in [5.41, 5.74) is 1.17. The van der Waals surface area contributed by atoms with Gasteiger partial charge in [0.15, 0.2) is 0 Å². The summed E-state index contributed by atoms with van der Waals surface area (Å²) in [5.74, 6) is 1.25.